The summed E-state index contributed by atoms with van der Waals surface area (Å²) in [4.78, 5) is 37.9. The summed E-state index contributed by atoms with van der Waals surface area (Å²) in [5, 5.41) is 21.0. The second kappa shape index (κ2) is 9.46. The van der Waals surface area contributed by atoms with Gasteiger partial charge in [-0.1, -0.05) is 6.07 Å². The Morgan fingerprint density at radius 1 is 1.32 bits per heavy atom. The maximum Gasteiger partial charge on any atom is 0.352 e. The summed E-state index contributed by atoms with van der Waals surface area (Å²) < 4.78 is 22.7. The summed E-state index contributed by atoms with van der Waals surface area (Å²) in [5.74, 6) is -1.79. The number of likely N-dealkylation sites (tertiary alicyclic amines) is 1. The fourth-order valence-corrected chi connectivity index (χ4v) is 6.35. The predicted octanol–water partition coefficient (Wildman–Crippen LogP) is 0.672. The molecule has 0 radical (unpaired) electrons. The van der Waals surface area contributed by atoms with Gasteiger partial charge in [0.2, 0.25) is 0 Å². The number of nitrogens with zero attached hydrogens (tertiary/aromatic N) is 1. The fraction of sp³-hybridized carbons (Fsp3) is 0.560. The number of nitrogens with two attached hydrogens (primary N) is 1. The lowest BCUT2D eigenvalue weighted by molar-refractivity contribution is -0.175. The van der Waals surface area contributed by atoms with Gasteiger partial charge in [0.15, 0.2) is 23.7 Å². The maximum absolute atomic E-state index is 12.9. The highest BCUT2D eigenvalue weighted by Crippen LogP contribution is 2.65. The molecule has 12 heteroatoms. The summed E-state index contributed by atoms with van der Waals surface area (Å²) in [7, 11) is 3.55. The average Bonchev–Trinajstić information content (AvgIpc) is 3.18. The number of methoxy groups -OCH3 is 1. The van der Waals surface area contributed by atoms with Crippen molar-refractivity contribution in [2.24, 2.45) is 5.73 Å². The van der Waals surface area contributed by atoms with Crippen LogP contribution in [-0.2, 0) is 35.7 Å². The zero-order valence-electron chi connectivity index (χ0n) is 20.8. The number of aliphatic carboxylic acids is 1. The van der Waals surface area contributed by atoms with Crippen LogP contribution in [0.4, 0.5) is 0 Å². The van der Waals surface area contributed by atoms with Crippen molar-refractivity contribution < 1.29 is 43.5 Å². The topological polar surface area (TPSA) is 158 Å². The quantitative estimate of drug-likeness (QED) is 0.419. The fourth-order valence-electron chi connectivity index (χ4n) is 6.35. The lowest BCUT2D eigenvalue weighted by Crippen LogP contribution is -2.74. The van der Waals surface area contributed by atoms with E-state index in [1.807, 2.05) is 19.2 Å². The van der Waals surface area contributed by atoms with Gasteiger partial charge >= 0.3 is 17.9 Å². The van der Waals surface area contributed by atoms with E-state index in [0.29, 0.717) is 24.3 Å². The van der Waals surface area contributed by atoms with Crippen molar-refractivity contribution >= 4 is 30.3 Å². The minimum Gasteiger partial charge on any atom is -0.493 e. The van der Waals surface area contributed by atoms with Crippen molar-refractivity contribution in [3.8, 4) is 11.5 Å². The number of esters is 2. The number of hydrogen-bond donors (Lipinski definition) is 3. The van der Waals surface area contributed by atoms with Gasteiger partial charge in [0.25, 0.3) is 0 Å². The van der Waals surface area contributed by atoms with Crippen LogP contribution in [0, 0.1) is 0 Å². The molecule has 1 fully saturated rings. The first-order valence-electron chi connectivity index (χ1n) is 11.9. The monoisotopic (exact) mass is 538 g/mol. The van der Waals surface area contributed by atoms with Crippen LogP contribution in [0.15, 0.2) is 24.0 Å². The van der Waals surface area contributed by atoms with E-state index in [1.165, 1.54) is 6.92 Å². The van der Waals surface area contributed by atoms with Gasteiger partial charge in [-0.05, 0) is 51.1 Å². The molecule has 0 unspecified atom stereocenters. The zero-order chi connectivity index (χ0) is 26.0. The van der Waals surface area contributed by atoms with E-state index in [2.05, 4.69) is 4.90 Å². The number of carboxylic acid groups (broad SMARTS) is 1. The van der Waals surface area contributed by atoms with E-state index < -0.39 is 53.6 Å². The molecule has 1 saturated heterocycles. The average molecular weight is 539 g/mol. The van der Waals surface area contributed by atoms with Crippen LogP contribution in [0.1, 0.15) is 37.3 Å². The Morgan fingerprint density at radius 3 is 2.73 bits per heavy atom. The molecule has 4 aliphatic rings. The summed E-state index contributed by atoms with van der Waals surface area (Å²) in [5.41, 5.74) is 5.36. The van der Waals surface area contributed by atoms with Crippen LogP contribution in [0.2, 0.25) is 0 Å². The number of halogens is 1. The predicted molar refractivity (Wildman–Crippen MR) is 131 cm³/mol. The molecule has 2 bridgehead atoms. The van der Waals surface area contributed by atoms with Gasteiger partial charge in [-0.15, -0.1) is 12.4 Å². The van der Waals surface area contributed by atoms with Crippen molar-refractivity contribution in [2.45, 2.75) is 67.9 Å². The first-order chi connectivity index (χ1) is 17.0. The van der Waals surface area contributed by atoms with Gasteiger partial charge < -0.3 is 39.8 Å². The molecule has 0 aromatic heterocycles. The van der Waals surface area contributed by atoms with Crippen LogP contribution < -0.4 is 15.2 Å². The van der Waals surface area contributed by atoms with Crippen LogP contribution in [0.3, 0.4) is 0 Å². The molecule has 5 rings (SSSR count). The van der Waals surface area contributed by atoms with Crippen LogP contribution >= 0.6 is 12.4 Å². The number of likely N-dealkylation sites (N-methyl/N-ethyl adjacent to an activating group) is 1. The molecule has 1 aromatic carbocycles. The second-order valence-corrected chi connectivity index (χ2v) is 9.99. The van der Waals surface area contributed by atoms with Crippen molar-refractivity contribution in [3.63, 3.8) is 0 Å². The number of rotatable bonds is 7. The van der Waals surface area contributed by atoms with Gasteiger partial charge in [-0.2, -0.15) is 0 Å². The largest absolute Gasteiger partial charge is 0.493 e. The molecule has 6 atom stereocenters. The van der Waals surface area contributed by atoms with Crippen molar-refractivity contribution in [1.82, 2.24) is 4.90 Å². The molecule has 1 spiro atoms. The lowest BCUT2D eigenvalue weighted by atomic mass is 9.50. The molecule has 37 heavy (non-hydrogen) atoms. The first kappa shape index (κ1) is 27.2. The Bertz CT molecular complexity index is 1170. The molecule has 11 nitrogen and oxygen atoms in total. The number of ether oxygens (including phenoxy) is 4. The number of piperidine rings is 1. The normalized spacial score (nSPS) is 30.5. The molecule has 1 aromatic rings. The van der Waals surface area contributed by atoms with Crippen LogP contribution in [0.25, 0.3) is 0 Å². The molecule has 0 saturated carbocycles. The van der Waals surface area contributed by atoms with E-state index in [-0.39, 0.29) is 30.6 Å². The van der Waals surface area contributed by atoms with Gasteiger partial charge in [-0.3, -0.25) is 9.59 Å². The first-order valence-corrected chi connectivity index (χ1v) is 11.9. The molecule has 2 aliphatic carbocycles. The third-order valence-electron chi connectivity index (χ3n) is 8.12. The molecule has 2 heterocycles. The number of benzene rings is 1. The van der Waals surface area contributed by atoms with Gasteiger partial charge in [0, 0.05) is 18.0 Å². The summed E-state index contributed by atoms with van der Waals surface area (Å²) in [6, 6.07) is 2.28. The molecular formula is C25H31ClN2O9. The Labute approximate surface area is 219 Å². The summed E-state index contributed by atoms with van der Waals surface area (Å²) >= 11 is 0. The van der Waals surface area contributed by atoms with Gasteiger partial charge in [-0.25, -0.2) is 4.79 Å². The smallest absolute Gasteiger partial charge is 0.352 e. The molecule has 0 amide bonds. The Morgan fingerprint density at radius 2 is 2.05 bits per heavy atom. The minimum absolute atomic E-state index is 0. The molecular weight excluding hydrogens is 508 g/mol. The van der Waals surface area contributed by atoms with Crippen LogP contribution in [-0.4, -0.2) is 83.6 Å². The van der Waals surface area contributed by atoms with Crippen molar-refractivity contribution in [3.05, 3.63) is 35.1 Å². The Balaban J connectivity index is 0.00000320. The van der Waals surface area contributed by atoms with Gasteiger partial charge in [0.05, 0.1) is 24.5 Å². The minimum atomic E-state index is -1.43. The Kier molecular flexibility index (Phi) is 6.95. The van der Waals surface area contributed by atoms with E-state index in [0.717, 1.165) is 17.7 Å². The number of carbonyl (C=O) groups excluding carboxylic acids is 2. The zero-order valence-corrected chi connectivity index (χ0v) is 21.6. The van der Waals surface area contributed by atoms with Crippen molar-refractivity contribution in [2.75, 3.05) is 20.7 Å². The highest BCUT2D eigenvalue weighted by Gasteiger charge is 2.72. The summed E-state index contributed by atoms with van der Waals surface area (Å²) in [6.45, 7) is 2.06. The van der Waals surface area contributed by atoms with Gasteiger partial charge in [0.1, 0.15) is 11.8 Å². The highest BCUT2D eigenvalue weighted by atomic mass is 35.5. The third kappa shape index (κ3) is 3.87. The van der Waals surface area contributed by atoms with Crippen LogP contribution in [0.5, 0.6) is 11.5 Å². The van der Waals surface area contributed by atoms with E-state index in [9.17, 15) is 19.5 Å². The summed E-state index contributed by atoms with van der Waals surface area (Å²) in [6.07, 6.45) is 0.512. The maximum atomic E-state index is 12.9. The van der Waals surface area contributed by atoms with E-state index in [4.69, 9.17) is 29.8 Å². The number of hydrogen-bond acceptors (Lipinski definition) is 10. The molecule has 4 N–H and O–H groups in total. The standard InChI is InChI=1S/C25H30N2O9.ClH/c1-12(34-18(28)11-14(26)22(29)30)23(31)35-16-6-7-25(32)17-10-13-4-5-15(33-3)20-19(13)24(25,21(16)36-20)8-9-27(17)2;/h4-6,12,14,17,21,32H,7-11,26H2,1-3H3,(H,29,30);1H/t12-,14-,17-,21-,24-,25+;/m0./s1. The third-order valence-corrected chi connectivity index (χ3v) is 8.12. The Hall–Kier alpha value is -2.86. The van der Waals surface area contributed by atoms with E-state index in [1.54, 1.807) is 13.2 Å². The number of carboxylic acids is 1. The number of aliphatic hydroxyl groups is 1. The molecule has 202 valence electrons. The highest BCUT2D eigenvalue weighted by molar-refractivity contribution is 5.85. The van der Waals surface area contributed by atoms with Crippen molar-refractivity contribution in [1.29, 1.82) is 0 Å². The second-order valence-electron chi connectivity index (χ2n) is 9.99. The molecule has 2 aliphatic heterocycles. The SMILES string of the molecule is COc1ccc2c3c1O[C@H]1C(OC(=O)[C@H](C)OC(=O)C[C@H](N)C(=O)O)=CC[C@@]4(O)[C@H](C2)N(C)CC[C@]314.Cl. The van der Waals surface area contributed by atoms with E-state index >= 15 is 0 Å². The number of carbonyl (C=O) groups is 3. The lowest BCUT2D eigenvalue weighted by Gasteiger charge is -2.61.